The highest BCUT2D eigenvalue weighted by molar-refractivity contribution is 5.80. The molecule has 0 aromatic heterocycles. The van der Waals surface area contributed by atoms with Crippen molar-refractivity contribution < 1.29 is 9.53 Å². The molecule has 1 N–H and O–H groups in total. The lowest BCUT2D eigenvalue weighted by Gasteiger charge is -2.33. The van der Waals surface area contributed by atoms with Gasteiger partial charge in [-0.15, -0.1) is 0 Å². The van der Waals surface area contributed by atoms with Gasteiger partial charge in [-0.3, -0.25) is 9.79 Å². The Labute approximate surface area is 163 Å². The minimum atomic E-state index is -0.0594. The van der Waals surface area contributed by atoms with Crippen molar-refractivity contribution in [2.45, 2.75) is 32.7 Å². The molecule has 1 aromatic rings. The van der Waals surface area contributed by atoms with E-state index in [1.807, 2.05) is 13.0 Å². The van der Waals surface area contributed by atoms with Crippen LogP contribution in [0.5, 0.6) is 0 Å². The Morgan fingerprint density at radius 2 is 1.93 bits per heavy atom. The normalized spacial score (nSPS) is 17.1. The molecule has 0 spiro atoms. The van der Waals surface area contributed by atoms with Crippen molar-refractivity contribution in [2.24, 2.45) is 10.9 Å². The van der Waals surface area contributed by atoms with E-state index in [1.165, 1.54) is 5.56 Å². The van der Waals surface area contributed by atoms with Gasteiger partial charge in [0.15, 0.2) is 5.96 Å². The van der Waals surface area contributed by atoms with Crippen molar-refractivity contribution in [3.63, 3.8) is 0 Å². The summed E-state index contributed by atoms with van der Waals surface area (Å²) in [7, 11) is 4.18. The lowest BCUT2D eigenvalue weighted by molar-refractivity contribution is -0.149. The highest BCUT2D eigenvalue weighted by Gasteiger charge is 2.27. The Kier molecular flexibility index (Phi) is 8.58. The highest BCUT2D eigenvalue weighted by Crippen LogP contribution is 2.20. The minimum absolute atomic E-state index is 0.0166. The lowest BCUT2D eigenvalue weighted by Crippen LogP contribution is -2.47. The SMILES string of the molecule is CCNC(=NCC(c1ccccc1)N(C)C)N1CCC(C(=O)OCC)CC1. The van der Waals surface area contributed by atoms with Gasteiger partial charge >= 0.3 is 5.97 Å². The molecule has 150 valence electrons. The summed E-state index contributed by atoms with van der Waals surface area (Å²) in [6.45, 7) is 7.57. The number of nitrogens with one attached hydrogen (secondary N) is 1. The number of likely N-dealkylation sites (N-methyl/N-ethyl adjacent to an activating group) is 1. The van der Waals surface area contributed by atoms with Crippen LogP contribution in [-0.2, 0) is 9.53 Å². The second-order valence-corrected chi connectivity index (χ2v) is 7.10. The maximum Gasteiger partial charge on any atom is 0.309 e. The van der Waals surface area contributed by atoms with Crippen LogP contribution in [0.2, 0.25) is 0 Å². The number of benzene rings is 1. The minimum Gasteiger partial charge on any atom is -0.466 e. The predicted molar refractivity (Wildman–Crippen MR) is 110 cm³/mol. The van der Waals surface area contributed by atoms with E-state index in [9.17, 15) is 4.79 Å². The van der Waals surface area contributed by atoms with Gasteiger partial charge in [0.2, 0.25) is 0 Å². The summed E-state index contributed by atoms with van der Waals surface area (Å²) in [5, 5.41) is 3.41. The molecule has 1 saturated heterocycles. The van der Waals surface area contributed by atoms with Gasteiger partial charge in [0.1, 0.15) is 0 Å². The van der Waals surface area contributed by atoms with Crippen LogP contribution in [-0.4, -0.2) is 68.6 Å². The van der Waals surface area contributed by atoms with Crippen molar-refractivity contribution in [3.05, 3.63) is 35.9 Å². The molecule has 1 heterocycles. The zero-order valence-electron chi connectivity index (χ0n) is 17.1. The Morgan fingerprint density at radius 3 is 2.48 bits per heavy atom. The third kappa shape index (κ3) is 6.24. The summed E-state index contributed by atoms with van der Waals surface area (Å²) in [5.41, 5.74) is 1.27. The summed E-state index contributed by atoms with van der Waals surface area (Å²) < 4.78 is 5.17. The smallest absolute Gasteiger partial charge is 0.309 e. The van der Waals surface area contributed by atoms with Gasteiger partial charge in [-0.05, 0) is 46.3 Å². The average Bonchev–Trinajstić information content (AvgIpc) is 2.68. The predicted octanol–water partition coefficient (Wildman–Crippen LogP) is 2.53. The fraction of sp³-hybridized carbons (Fsp3) is 0.619. The highest BCUT2D eigenvalue weighted by atomic mass is 16.5. The average molecular weight is 375 g/mol. The number of hydrogen-bond donors (Lipinski definition) is 1. The maximum absolute atomic E-state index is 12.0. The number of guanidine groups is 1. The molecule has 1 fully saturated rings. The second-order valence-electron chi connectivity index (χ2n) is 7.10. The molecule has 6 nitrogen and oxygen atoms in total. The summed E-state index contributed by atoms with van der Waals surface area (Å²) in [6, 6.07) is 10.7. The van der Waals surface area contributed by atoms with Crippen LogP contribution < -0.4 is 5.32 Å². The molecule has 0 amide bonds. The van der Waals surface area contributed by atoms with Crippen LogP contribution >= 0.6 is 0 Å². The molecule has 1 aliphatic rings. The zero-order valence-corrected chi connectivity index (χ0v) is 17.1. The van der Waals surface area contributed by atoms with E-state index in [2.05, 4.69) is 60.4 Å². The molecule has 0 aliphatic carbocycles. The van der Waals surface area contributed by atoms with Crippen LogP contribution in [0.25, 0.3) is 0 Å². The van der Waals surface area contributed by atoms with Gasteiger partial charge < -0.3 is 19.9 Å². The number of ether oxygens (including phenoxy) is 1. The van der Waals surface area contributed by atoms with Gasteiger partial charge in [-0.25, -0.2) is 0 Å². The number of likely N-dealkylation sites (tertiary alicyclic amines) is 1. The van der Waals surface area contributed by atoms with E-state index in [-0.39, 0.29) is 17.9 Å². The number of carbonyl (C=O) groups excluding carboxylic acids is 1. The number of carbonyl (C=O) groups is 1. The summed E-state index contributed by atoms with van der Waals surface area (Å²) in [5.74, 6) is 0.890. The Hall–Kier alpha value is -2.08. The summed E-state index contributed by atoms with van der Waals surface area (Å²) in [6.07, 6.45) is 1.64. The fourth-order valence-electron chi connectivity index (χ4n) is 3.43. The van der Waals surface area contributed by atoms with E-state index in [4.69, 9.17) is 9.73 Å². The number of aliphatic imine (C=N–C) groups is 1. The molecule has 6 heteroatoms. The number of piperidine rings is 1. The molecule has 0 radical (unpaired) electrons. The van der Waals surface area contributed by atoms with E-state index >= 15 is 0 Å². The second kappa shape index (κ2) is 10.9. The molecule has 0 bridgehead atoms. The van der Waals surface area contributed by atoms with Crippen LogP contribution in [0.3, 0.4) is 0 Å². The van der Waals surface area contributed by atoms with Crippen molar-refractivity contribution in [1.29, 1.82) is 0 Å². The molecule has 0 saturated carbocycles. The first kappa shape index (κ1) is 21.2. The van der Waals surface area contributed by atoms with Crippen molar-refractivity contribution in [3.8, 4) is 0 Å². The molecule has 27 heavy (non-hydrogen) atoms. The summed E-state index contributed by atoms with van der Waals surface area (Å²) in [4.78, 5) is 21.3. The topological polar surface area (TPSA) is 57.2 Å². The Balaban J connectivity index is 2.02. The molecular weight excluding hydrogens is 340 g/mol. The quantitative estimate of drug-likeness (QED) is 0.452. The monoisotopic (exact) mass is 374 g/mol. The van der Waals surface area contributed by atoms with Crippen molar-refractivity contribution in [2.75, 3.05) is 46.9 Å². The third-order valence-electron chi connectivity index (χ3n) is 4.97. The van der Waals surface area contributed by atoms with Gasteiger partial charge in [-0.1, -0.05) is 30.3 Å². The van der Waals surface area contributed by atoms with Crippen LogP contribution in [0.1, 0.15) is 38.3 Å². The van der Waals surface area contributed by atoms with Crippen molar-refractivity contribution >= 4 is 11.9 Å². The van der Waals surface area contributed by atoms with Crippen LogP contribution in [0, 0.1) is 5.92 Å². The van der Waals surface area contributed by atoms with Crippen molar-refractivity contribution in [1.82, 2.24) is 15.1 Å². The third-order valence-corrected chi connectivity index (χ3v) is 4.97. The van der Waals surface area contributed by atoms with E-state index in [0.29, 0.717) is 13.2 Å². The standard InChI is InChI=1S/C21H34N4O2/c1-5-22-21(25-14-12-18(13-15-25)20(26)27-6-2)23-16-19(24(3)4)17-10-8-7-9-11-17/h7-11,18-19H,5-6,12-16H2,1-4H3,(H,22,23). The number of nitrogens with zero attached hydrogens (tertiary/aromatic N) is 3. The van der Waals surface area contributed by atoms with Gasteiger partial charge in [0.05, 0.1) is 25.1 Å². The van der Waals surface area contributed by atoms with Gasteiger partial charge in [-0.2, -0.15) is 0 Å². The molecular formula is C21H34N4O2. The summed E-state index contributed by atoms with van der Waals surface area (Å²) >= 11 is 0. The number of rotatable bonds is 7. The van der Waals surface area contributed by atoms with Gasteiger partial charge in [0, 0.05) is 19.6 Å². The lowest BCUT2D eigenvalue weighted by atomic mass is 9.97. The first-order valence-electron chi connectivity index (χ1n) is 9.98. The van der Waals surface area contributed by atoms with E-state index < -0.39 is 0 Å². The molecule has 1 aromatic carbocycles. The number of esters is 1. The first-order valence-corrected chi connectivity index (χ1v) is 9.98. The largest absolute Gasteiger partial charge is 0.466 e. The Morgan fingerprint density at radius 1 is 1.26 bits per heavy atom. The maximum atomic E-state index is 12.0. The number of hydrogen-bond acceptors (Lipinski definition) is 4. The van der Waals surface area contributed by atoms with E-state index in [1.54, 1.807) is 0 Å². The first-order chi connectivity index (χ1) is 13.1. The van der Waals surface area contributed by atoms with E-state index in [0.717, 1.165) is 38.4 Å². The fourth-order valence-corrected chi connectivity index (χ4v) is 3.43. The molecule has 1 unspecified atom stereocenters. The van der Waals surface area contributed by atoms with Crippen LogP contribution in [0.15, 0.2) is 35.3 Å². The van der Waals surface area contributed by atoms with Gasteiger partial charge in [0.25, 0.3) is 0 Å². The zero-order chi connectivity index (χ0) is 19.6. The molecule has 1 atom stereocenters. The molecule has 2 rings (SSSR count). The molecule has 1 aliphatic heterocycles. The Bertz CT molecular complexity index is 595. The van der Waals surface area contributed by atoms with Crippen LogP contribution in [0.4, 0.5) is 0 Å².